The number of carboxylic acid groups (broad SMARTS) is 1. The minimum atomic E-state index is -1.67. The number of fused-ring (bicyclic) bond motifs is 3. The number of carboxylic acids is 1. The van der Waals surface area contributed by atoms with E-state index in [-0.39, 0.29) is 17.4 Å². The molecule has 0 aliphatic carbocycles. The largest absolute Gasteiger partial charge is 0.478 e. The quantitative estimate of drug-likeness (QED) is 0.288. The molecule has 0 saturated carbocycles. The Bertz CT molecular complexity index is 1740. The average molecular weight is 567 g/mol. The fourth-order valence-corrected chi connectivity index (χ4v) is 4.88. The molecule has 0 radical (unpaired) electrons. The molecule has 0 atom stereocenters. The number of hydrogen-bond acceptors (Lipinski definition) is 9. The lowest BCUT2D eigenvalue weighted by molar-refractivity contribution is -0.152. The van der Waals surface area contributed by atoms with E-state index in [0.29, 0.717) is 61.9 Å². The molecule has 1 fully saturated rings. The van der Waals surface area contributed by atoms with E-state index in [9.17, 15) is 18.7 Å². The molecule has 0 unspecified atom stereocenters. The van der Waals surface area contributed by atoms with E-state index in [1.165, 1.54) is 19.9 Å². The van der Waals surface area contributed by atoms with Gasteiger partial charge in [0.2, 0.25) is 5.95 Å². The van der Waals surface area contributed by atoms with Crippen molar-refractivity contribution in [2.75, 3.05) is 43.4 Å². The molecule has 1 aliphatic rings. The number of anilines is 2. The zero-order valence-electron chi connectivity index (χ0n) is 22.4. The second kappa shape index (κ2) is 10.0. The minimum Gasteiger partial charge on any atom is -0.478 e. The highest BCUT2D eigenvalue weighted by Crippen LogP contribution is 2.31. The number of ether oxygens (including phenoxy) is 1. The van der Waals surface area contributed by atoms with Crippen molar-refractivity contribution < 1.29 is 27.8 Å². The summed E-state index contributed by atoms with van der Waals surface area (Å²) < 4.78 is 43.4. The summed E-state index contributed by atoms with van der Waals surface area (Å²) in [6, 6.07) is 7.43. The van der Waals surface area contributed by atoms with Crippen molar-refractivity contribution in [2.24, 2.45) is 0 Å². The highest BCUT2D eigenvalue weighted by Gasteiger charge is 2.31. The fourth-order valence-electron chi connectivity index (χ4n) is 4.88. The molecule has 14 heteroatoms. The van der Waals surface area contributed by atoms with Crippen LogP contribution in [0.4, 0.5) is 20.4 Å². The van der Waals surface area contributed by atoms with Crippen LogP contribution in [0.15, 0.2) is 47.3 Å². The van der Waals surface area contributed by atoms with Crippen molar-refractivity contribution in [3.05, 3.63) is 54.6 Å². The monoisotopic (exact) mass is 566 g/mol. The van der Waals surface area contributed by atoms with Crippen LogP contribution in [0.1, 0.15) is 13.8 Å². The third kappa shape index (κ3) is 4.90. The number of nitrogens with zero attached hydrogens (tertiary/aromatic N) is 7. The molecular formula is C27H28F2N8O4. The number of rotatable bonds is 8. The summed E-state index contributed by atoms with van der Waals surface area (Å²) in [6.07, 6.45) is 3.30. The molecule has 12 nitrogen and oxygen atoms in total. The highest BCUT2D eigenvalue weighted by atomic mass is 19.1. The number of hydrogen-bond donors (Lipinski definition) is 2. The first kappa shape index (κ1) is 26.5. The predicted molar refractivity (Wildman–Crippen MR) is 146 cm³/mol. The maximum atomic E-state index is 14.7. The van der Waals surface area contributed by atoms with Gasteiger partial charge in [-0.2, -0.15) is 14.6 Å². The molecular weight excluding hydrogens is 538 g/mol. The highest BCUT2D eigenvalue weighted by molar-refractivity contribution is 5.90. The van der Waals surface area contributed by atoms with E-state index in [4.69, 9.17) is 14.9 Å². The third-order valence-corrected chi connectivity index (χ3v) is 7.22. The van der Waals surface area contributed by atoms with Crippen LogP contribution >= 0.6 is 0 Å². The third-order valence-electron chi connectivity index (χ3n) is 7.22. The first-order valence-electron chi connectivity index (χ1n) is 13.0. The normalized spacial score (nSPS) is 14.8. The fraction of sp³-hybridized carbons (Fsp3) is 0.333. The van der Waals surface area contributed by atoms with E-state index in [2.05, 4.69) is 20.0 Å². The summed E-state index contributed by atoms with van der Waals surface area (Å²) in [4.78, 5) is 24.5. The number of nitrogens with two attached hydrogens (primary N) is 1. The van der Waals surface area contributed by atoms with Crippen molar-refractivity contribution in [1.82, 2.24) is 29.0 Å². The molecule has 6 rings (SSSR count). The number of carbonyl (C=O) groups is 1. The topological polar surface area (TPSA) is 140 Å². The van der Waals surface area contributed by atoms with Gasteiger partial charge in [-0.25, -0.2) is 18.6 Å². The lowest BCUT2D eigenvalue weighted by Crippen LogP contribution is -2.47. The van der Waals surface area contributed by atoms with Gasteiger partial charge in [-0.1, -0.05) is 0 Å². The first-order chi connectivity index (χ1) is 19.6. The van der Waals surface area contributed by atoms with Crippen LogP contribution in [0.2, 0.25) is 0 Å². The Hall–Kier alpha value is -4.72. The summed E-state index contributed by atoms with van der Waals surface area (Å²) in [5.74, 6) is -2.39. The number of benzene rings is 1. The summed E-state index contributed by atoms with van der Waals surface area (Å²) in [5, 5.41) is 13.8. The van der Waals surface area contributed by atoms with E-state index >= 15 is 0 Å². The lowest BCUT2D eigenvalue weighted by atomic mass is 10.1. The molecule has 1 aromatic carbocycles. The van der Waals surface area contributed by atoms with E-state index in [0.717, 1.165) is 11.6 Å². The average Bonchev–Trinajstić information content (AvgIpc) is 3.69. The molecule has 0 amide bonds. The number of furan rings is 1. The van der Waals surface area contributed by atoms with Crippen molar-refractivity contribution >= 4 is 34.3 Å². The zero-order chi connectivity index (χ0) is 28.9. The summed E-state index contributed by atoms with van der Waals surface area (Å²) in [6.45, 7) is 6.16. The molecule has 0 spiro atoms. The Kier molecular flexibility index (Phi) is 6.49. The van der Waals surface area contributed by atoms with Gasteiger partial charge in [0.05, 0.1) is 18.3 Å². The number of halogens is 2. The maximum Gasteiger partial charge on any atom is 0.347 e. The predicted octanol–water partition coefficient (Wildman–Crippen LogP) is 3.26. The summed E-state index contributed by atoms with van der Waals surface area (Å²) in [5.41, 5.74) is 7.38. The minimum absolute atomic E-state index is 0.168. The van der Waals surface area contributed by atoms with Crippen LogP contribution in [0, 0.1) is 11.6 Å². The van der Waals surface area contributed by atoms with Crippen molar-refractivity contribution in [3.8, 4) is 17.2 Å². The molecule has 5 aromatic rings. The Morgan fingerprint density at radius 1 is 1.15 bits per heavy atom. The first-order valence-corrected chi connectivity index (χ1v) is 13.0. The summed E-state index contributed by atoms with van der Waals surface area (Å²) >= 11 is 0. The molecule has 214 valence electrons. The van der Waals surface area contributed by atoms with Crippen LogP contribution in [-0.2, 0) is 11.3 Å². The van der Waals surface area contributed by atoms with Gasteiger partial charge in [0, 0.05) is 51.4 Å². The van der Waals surface area contributed by atoms with Crippen molar-refractivity contribution in [2.45, 2.75) is 26.0 Å². The smallest absolute Gasteiger partial charge is 0.347 e. The van der Waals surface area contributed by atoms with Gasteiger partial charge in [-0.3, -0.25) is 4.90 Å². The molecule has 1 saturated heterocycles. The summed E-state index contributed by atoms with van der Waals surface area (Å²) in [7, 11) is 0. The number of nitrogen functional groups attached to an aromatic ring is 1. The Morgan fingerprint density at radius 2 is 1.93 bits per heavy atom. The number of imidazole rings is 1. The van der Waals surface area contributed by atoms with Gasteiger partial charge >= 0.3 is 5.97 Å². The van der Waals surface area contributed by atoms with Gasteiger partial charge in [0.15, 0.2) is 28.6 Å². The van der Waals surface area contributed by atoms with Crippen molar-refractivity contribution in [3.63, 3.8) is 0 Å². The van der Waals surface area contributed by atoms with Gasteiger partial charge in [-0.15, -0.1) is 0 Å². The Balaban J connectivity index is 1.13. The van der Waals surface area contributed by atoms with Gasteiger partial charge in [-0.05, 0) is 32.0 Å². The zero-order valence-corrected chi connectivity index (χ0v) is 22.4. The second-order valence-electron chi connectivity index (χ2n) is 10.4. The molecule has 0 bridgehead atoms. The molecule has 41 heavy (non-hydrogen) atoms. The van der Waals surface area contributed by atoms with E-state index in [1.807, 2.05) is 16.7 Å². The number of aliphatic carboxylic acids is 1. The van der Waals surface area contributed by atoms with Crippen LogP contribution in [-0.4, -0.2) is 78.4 Å². The van der Waals surface area contributed by atoms with Crippen LogP contribution in [0.5, 0.6) is 5.75 Å². The van der Waals surface area contributed by atoms with Crippen molar-refractivity contribution in [1.29, 1.82) is 0 Å². The van der Waals surface area contributed by atoms with Crippen LogP contribution in [0.25, 0.3) is 28.1 Å². The molecule has 1 aliphatic heterocycles. The van der Waals surface area contributed by atoms with Gasteiger partial charge in [0.1, 0.15) is 22.5 Å². The molecule has 3 N–H and O–H groups in total. The Morgan fingerprint density at radius 3 is 2.63 bits per heavy atom. The van der Waals surface area contributed by atoms with E-state index < -0.39 is 23.2 Å². The van der Waals surface area contributed by atoms with Gasteiger partial charge < -0.3 is 29.5 Å². The van der Waals surface area contributed by atoms with Crippen LogP contribution in [0.3, 0.4) is 0 Å². The molecule has 5 heterocycles. The molecule has 4 aromatic heterocycles. The van der Waals surface area contributed by atoms with Crippen LogP contribution < -0.4 is 15.4 Å². The van der Waals surface area contributed by atoms with Gasteiger partial charge in [0.25, 0.3) is 0 Å². The lowest BCUT2D eigenvalue weighted by Gasteiger charge is -2.36. The second-order valence-corrected chi connectivity index (χ2v) is 10.4. The SMILES string of the molecule is CC(C)(Oc1cc(N2CCN(CCn3cnc4c3nc(N)n3nc(-c5ccco5)cc43)CC2)c(F)cc1F)C(=O)O. The maximum absolute atomic E-state index is 14.7. The standard InChI is InChI=1S/C27H28F2N8O4/c1-27(2,25(38)39)41-22-14-19(16(28)12-17(22)29)35-8-5-34(6-9-35)7-10-36-15-31-23-20-13-18(21-4-3-11-40-21)33-37(20)26(30)32-24(23)36/h3-4,11-15H,5-10H2,1-2H3,(H2,30,32)(H,38,39). The Labute approximate surface area is 232 Å². The number of piperazine rings is 1. The number of aromatic nitrogens is 5. The van der Waals surface area contributed by atoms with E-state index in [1.54, 1.807) is 28.1 Å².